The van der Waals surface area contributed by atoms with Crippen LogP contribution >= 0.6 is 0 Å². The summed E-state index contributed by atoms with van der Waals surface area (Å²) < 4.78 is 7.39. The summed E-state index contributed by atoms with van der Waals surface area (Å²) in [5.41, 5.74) is 11.3. The van der Waals surface area contributed by atoms with E-state index in [9.17, 15) is 0 Å². The van der Waals surface area contributed by atoms with Gasteiger partial charge in [0.15, 0.2) is 0 Å². The molecule has 0 atom stereocenters. The van der Waals surface area contributed by atoms with Gasteiger partial charge in [0, 0.05) is 30.3 Å². The number of nitrogens with two attached hydrogens (primary N) is 1. The summed E-state index contributed by atoms with van der Waals surface area (Å²) in [5, 5.41) is 4.56. The summed E-state index contributed by atoms with van der Waals surface area (Å²) in [4.78, 5) is 0. The molecule has 2 N–H and O–H groups in total. The average Bonchev–Trinajstić information content (AvgIpc) is 2.65. The highest BCUT2D eigenvalue weighted by atomic mass is 16.5. The highest BCUT2D eigenvalue weighted by Gasteiger charge is 2.17. The highest BCUT2D eigenvalue weighted by molar-refractivity contribution is 5.75. The molecular weight excluding hydrogens is 238 g/mol. The molecule has 0 spiro atoms. The molecule has 4 nitrogen and oxygen atoms in total. The van der Waals surface area contributed by atoms with Gasteiger partial charge >= 0.3 is 0 Å². The minimum absolute atomic E-state index is 0.595. The highest BCUT2D eigenvalue weighted by Crippen LogP contribution is 2.35. The standard InChI is InChI=1S/C15H21N3O/c1-10-5-6-14(19-4)12(9-10)15-11(2)18(3)17-13(15)7-8-16/h5-6,9H,7-8,16H2,1-4H3. The summed E-state index contributed by atoms with van der Waals surface area (Å²) in [5.74, 6) is 0.875. The van der Waals surface area contributed by atoms with Crippen LogP contribution in [0, 0.1) is 13.8 Å². The Bertz CT molecular complexity index is 587. The Morgan fingerprint density at radius 1 is 1.32 bits per heavy atom. The molecule has 0 bridgehead atoms. The molecule has 0 saturated heterocycles. The Labute approximate surface area is 114 Å². The molecule has 0 aliphatic heterocycles. The lowest BCUT2D eigenvalue weighted by Crippen LogP contribution is -2.04. The molecule has 0 amide bonds. The van der Waals surface area contributed by atoms with Crippen LogP contribution in [0.2, 0.25) is 0 Å². The zero-order chi connectivity index (χ0) is 14.0. The van der Waals surface area contributed by atoms with Gasteiger partial charge in [0.2, 0.25) is 0 Å². The monoisotopic (exact) mass is 259 g/mol. The van der Waals surface area contributed by atoms with E-state index < -0.39 is 0 Å². The number of rotatable bonds is 4. The van der Waals surface area contributed by atoms with Crippen molar-refractivity contribution in [2.45, 2.75) is 20.3 Å². The van der Waals surface area contributed by atoms with Crippen LogP contribution in [0.5, 0.6) is 5.75 Å². The van der Waals surface area contributed by atoms with E-state index in [1.54, 1.807) is 7.11 Å². The summed E-state index contributed by atoms with van der Waals surface area (Å²) in [6, 6.07) is 6.20. The van der Waals surface area contributed by atoms with E-state index in [0.717, 1.165) is 34.7 Å². The second-order valence-electron chi connectivity index (χ2n) is 4.77. The van der Waals surface area contributed by atoms with Gasteiger partial charge < -0.3 is 10.5 Å². The van der Waals surface area contributed by atoms with Crippen molar-refractivity contribution < 1.29 is 4.74 Å². The molecule has 0 radical (unpaired) electrons. The van der Waals surface area contributed by atoms with Crippen molar-refractivity contribution >= 4 is 0 Å². The third kappa shape index (κ3) is 2.49. The Morgan fingerprint density at radius 3 is 2.68 bits per heavy atom. The third-order valence-corrected chi connectivity index (χ3v) is 3.41. The fourth-order valence-electron chi connectivity index (χ4n) is 2.36. The molecule has 19 heavy (non-hydrogen) atoms. The summed E-state index contributed by atoms with van der Waals surface area (Å²) >= 11 is 0. The van der Waals surface area contributed by atoms with Gasteiger partial charge in [0.25, 0.3) is 0 Å². The SMILES string of the molecule is COc1ccc(C)cc1-c1c(CCN)nn(C)c1C. The minimum atomic E-state index is 0.595. The van der Waals surface area contributed by atoms with Crippen LogP contribution in [0.3, 0.4) is 0 Å². The number of methoxy groups -OCH3 is 1. The van der Waals surface area contributed by atoms with Crippen LogP contribution in [-0.4, -0.2) is 23.4 Å². The molecule has 1 aromatic carbocycles. The normalized spacial score (nSPS) is 10.8. The molecule has 0 fully saturated rings. The van der Waals surface area contributed by atoms with Gasteiger partial charge in [0.05, 0.1) is 12.8 Å². The molecule has 0 aliphatic carbocycles. The summed E-state index contributed by atoms with van der Waals surface area (Å²) in [6.45, 7) is 4.75. The quantitative estimate of drug-likeness (QED) is 0.916. The largest absolute Gasteiger partial charge is 0.496 e. The number of hydrogen-bond donors (Lipinski definition) is 1. The van der Waals surface area contributed by atoms with Gasteiger partial charge in [-0.1, -0.05) is 11.6 Å². The van der Waals surface area contributed by atoms with Crippen LogP contribution in [0.15, 0.2) is 18.2 Å². The van der Waals surface area contributed by atoms with E-state index in [2.05, 4.69) is 31.1 Å². The van der Waals surface area contributed by atoms with E-state index in [4.69, 9.17) is 10.5 Å². The number of aromatic nitrogens is 2. The van der Waals surface area contributed by atoms with Crippen molar-refractivity contribution in [2.24, 2.45) is 12.8 Å². The zero-order valence-corrected chi connectivity index (χ0v) is 12.0. The molecule has 0 unspecified atom stereocenters. The van der Waals surface area contributed by atoms with Crippen LogP contribution in [0.25, 0.3) is 11.1 Å². The van der Waals surface area contributed by atoms with Crippen LogP contribution in [0.4, 0.5) is 0 Å². The number of nitrogens with zero attached hydrogens (tertiary/aromatic N) is 2. The third-order valence-electron chi connectivity index (χ3n) is 3.41. The Morgan fingerprint density at radius 2 is 2.05 bits per heavy atom. The first-order valence-corrected chi connectivity index (χ1v) is 6.46. The number of benzene rings is 1. The average molecular weight is 259 g/mol. The molecule has 0 saturated carbocycles. The summed E-state index contributed by atoms with van der Waals surface area (Å²) in [6.07, 6.45) is 0.772. The van der Waals surface area contributed by atoms with Gasteiger partial charge in [-0.25, -0.2) is 0 Å². The molecule has 1 heterocycles. The number of hydrogen-bond acceptors (Lipinski definition) is 3. The van der Waals surface area contributed by atoms with Crippen molar-refractivity contribution in [1.29, 1.82) is 0 Å². The summed E-state index contributed by atoms with van der Waals surface area (Å²) in [7, 11) is 3.66. The van der Waals surface area contributed by atoms with Gasteiger partial charge in [-0.2, -0.15) is 5.10 Å². The van der Waals surface area contributed by atoms with Crippen LogP contribution in [0.1, 0.15) is 17.0 Å². The molecular formula is C15H21N3O. The second kappa shape index (κ2) is 5.45. The van der Waals surface area contributed by atoms with E-state index in [-0.39, 0.29) is 0 Å². The topological polar surface area (TPSA) is 53.1 Å². The second-order valence-corrected chi connectivity index (χ2v) is 4.77. The number of aryl methyl sites for hydroxylation is 2. The zero-order valence-electron chi connectivity index (χ0n) is 12.0. The minimum Gasteiger partial charge on any atom is -0.496 e. The van der Waals surface area contributed by atoms with E-state index in [1.807, 2.05) is 17.8 Å². The first-order chi connectivity index (χ1) is 9.08. The maximum atomic E-state index is 5.69. The molecule has 102 valence electrons. The van der Waals surface area contributed by atoms with Crippen LogP contribution < -0.4 is 10.5 Å². The lowest BCUT2D eigenvalue weighted by Gasteiger charge is -2.11. The first-order valence-electron chi connectivity index (χ1n) is 6.46. The lowest BCUT2D eigenvalue weighted by molar-refractivity contribution is 0.416. The molecule has 1 aromatic heterocycles. The Balaban J connectivity index is 2.66. The van der Waals surface area contributed by atoms with Crippen molar-refractivity contribution in [3.05, 3.63) is 35.2 Å². The van der Waals surface area contributed by atoms with Crippen molar-refractivity contribution in [3.63, 3.8) is 0 Å². The molecule has 0 aliphatic rings. The first kappa shape index (κ1) is 13.6. The lowest BCUT2D eigenvalue weighted by atomic mass is 9.99. The van der Waals surface area contributed by atoms with E-state index >= 15 is 0 Å². The van der Waals surface area contributed by atoms with Crippen LogP contribution in [-0.2, 0) is 13.5 Å². The molecule has 2 aromatic rings. The van der Waals surface area contributed by atoms with Gasteiger partial charge in [0.1, 0.15) is 5.75 Å². The van der Waals surface area contributed by atoms with E-state index in [0.29, 0.717) is 6.54 Å². The maximum Gasteiger partial charge on any atom is 0.126 e. The van der Waals surface area contributed by atoms with E-state index in [1.165, 1.54) is 5.56 Å². The van der Waals surface area contributed by atoms with Crippen molar-refractivity contribution in [1.82, 2.24) is 9.78 Å². The predicted molar refractivity (Wildman–Crippen MR) is 77.4 cm³/mol. The van der Waals surface area contributed by atoms with Crippen molar-refractivity contribution in [2.75, 3.05) is 13.7 Å². The van der Waals surface area contributed by atoms with Gasteiger partial charge in [-0.05, 0) is 32.5 Å². The fourth-order valence-corrected chi connectivity index (χ4v) is 2.36. The smallest absolute Gasteiger partial charge is 0.126 e. The molecule has 2 rings (SSSR count). The Kier molecular flexibility index (Phi) is 3.90. The number of ether oxygens (including phenoxy) is 1. The fraction of sp³-hybridized carbons (Fsp3) is 0.400. The molecule has 4 heteroatoms. The Hall–Kier alpha value is -1.81. The maximum absolute atomic E-state index is 5.69. The predicted octanol–water partition coefficient (Wildman–Crippen LogP) is 2.21. The van der Waals surface area contributed by atoms with Gasteiger partial charge in [-0.3, -0.25) is 4.68 Å². The van der Waals surface area contributed by atoms with Crippen molar-refractivity contribution in [3.8, 4) is 16.9 Å². The van der Waals surface area contributed by atoms with Gasteiger partial charge in [-0.15, -0.1) is 0 Å².